The second-order valence-electron chi connectivity index (χ2n) is 10.5. The monoisotopic (exact) mass is 647 g/mol. The lowest BCUT2D eigenvalue weighted by Crippen LogP contribution is -2.21. The van der Waals surface area contributed by atoms with Gasteiger partial charge in [0, 0.05) is 17.1 Å². The van der Waals surface area contributed by atoms with Crippen molar-refractivity contribution in [2.24, 2.45) is 12.2 Å². The van der Waals surface area contributed by atoms with Crippen LogP contribution in [-0.2, 0) is 11.8 Å². The molecule has 44 heavy (non-hydrogen) atoms. The molecule has 0 amide bonds. The van der Waals surface area contributed by atoms with E-state index in [4.69, 9.17) is 37.9 Å². The molecular weight excluding hydrogens is 607 g/mol. The highest BCUT2D eigenvalue weighted by molar-refractivity contribution is 6.30. The van der Waals surface area contributed by atoms with Gasteiger partial charge >= 0.3 is 0 Å². The predicted octanol–water partition coefficient (Wildman–Crippen LogP) is 10.1. The largest absolute Gasteiger partial charge is 0.474 e. The maximum absolute atomic E-state index is 14.5. The Hall–Kier alpha value is -3.20. The Balaban J connectivity index is 0.000000266. The summed E-state index contributed by atoms with van der Waals surface area (Å²) in [7, 11) is 1.85. The molecule has 1 heterocycles. The van der Waals surface area contributed by atoms with Crippen LogP contribution < -0.4 is 4.74 Å². The maximum Gasteiger partial charge on any atom is 0.221 e. The Kier molecular flexibility index (Phi) is 14.4. The van der Waals surface area contributed by atoms with E-state index in [1.807, 2.05) is 27.8 Å². The fourth-order valence-electron chi connectivity index (χ4n) is 5.15. The molecule has 1 aliphatic carbocycles. The van der Waals surface area contributed by atoms with E-state index in [2.05, 4.69) is 10.3 Å². The third-order valence-corrected chi connectivity index (χ3v) is 7.94. The summed E-state index contributed by atoms with van der Waals surface area (Å²) in [6.45, 7) is 5.04. The van der Waals surface area contributed by atoms with Crippen LogP contribution in [0.4, 0.5) is 8.78 Å². The summed E-state index contributed by atoms with van der Waals surface area (Å²) in [6, 6.07) is 13.9. The Morgan fingerprint density at radius 3 is 1.82 bits per heavy atom. The Morgan fingerprint density at radius 1 is 0.909 bits per heavy atom. The van der Waals surface area contributed by atoms with Gasteiger partial charge in [0.1, 0.15) is 17.8 Å². The van der Waals surface area contributed by atoms with Gasteiger partial charge in [0.05, 0.1) is 30.7 Å². The number of allylic oxidation sites excluding steroid dienone is 2. The van der Waals surface area contributed by atoms with Gasteiger partial charge in [-0.1, -0.05) is 72.9 Å². The molecule has 238 valence electrons. The second kappa shape index (κ2) is 17.9. The first-order valence-corrected chi connectivity index (χ1v) is 15.7. The smallest absolute Gasteiger partial charge is 0.221 e. The van der Waals surface area contributed by atoms with Crippen molar-refractivity contribution in [3.63, 3.8) is 0 Å². The van der Waals surface area contributed by atoms with E-state index in [-0.39, 0.29) is 19.3 Å². The number of nitrogens with zero attached hydrogens (tertiary/aromatic N) is 3. The Morgan fingerprint density at radius 2 is 1.39 bits per heavy atom. The van der Waals surface area contributed by atoms with Crippen molar-refractivity contribution in [2.45, 2.75) is 71.8 Å². The van der Waals surface area contributed by atoms with Crippen molar-refractivity contribution in [2.75, 3.05) is 13.2 Å². The van der Waals surface area contributed by atoms with Gasteiger partial charge in [-0.15, -0.1) is 0 Å². The van der Waals surface area contributed by atoms with Gasteiger partial charge in [-0.05, 0) is 92.0 Å². The lowest BCUT2D eigenvalue weighted by atomic mass is 9.98. The van der Waals surface area contributed by atoms with Crippen LogP contribution in [0.15, 0.2) is 65.3 Å². The number of benzene rings is 2. The first-order chi connectivity index (χ1) is 21.2. The van der Waals surface area contributed by atoms with Crippen molar-refractivity contribution in [3.8, 4) is 5.88 Å². The van der Waals surface area contributed by atoms with Crippen molar-refractivity contribution in [1.82, 2.24) is 9.78 Å². The molecule has 10 heteroatoms. The van der Waals surface area contributed by atoms with Crippen LogP contribution >= 0.6 is 23.2 Å². The molecule has 0 unspecified atom stereocenters. The first kappa shape index (κ1) is 35.3. The van der Waals surface area contributed by atoms with Crippen LogP contribution in [0, 0.1) is 6.92 Å². The lowest BCUT2D eigenvalue weighted by molar-refractivity contribution is 0.142. The summed E-state index contributed by atoms with van der Waals surface area (Å²) in [5.74, 6) is -0.110. The molecule has 0 saturated heterocycles. The van der Waals surface area contributed by atoms with Crippen molar-refractivity contribution < 1.29 is 23.5 Å². The molecule has 1 saturated carbocycles. The topological polar surface area (TPSA) is 68.9 Å². The molecule has 0 bridgehead atoms. The number of halogens is 4. The van der Waals surface area contributed by atoms with Gasteiger partial charge in [0.2, 0.25) is 5.88 Å². The second-order valence-corrected chi connectivity index (χ2v) is 11.4. The number of ether oxygens (including phenoxy) is 2. The van der Waals surface area contributed by atoms with E-state index in [1.54, 1.807) is 53.2 Å². The number of hydrogen-bond donors (Lipinski definition) is 1. The lowest BCUT2D eigenvalue weighted by Gasteiger charge is -2.23. The van der Waals surface area contributed by atoms with Crippen LogP contribution in [0.1, 0.15) is 81.2 Å². The van der Waals surface area contributed by atoms with E-state index in [0.717, 1.165) is 35.2 Å². The van der Waals surface area contributed by atoms with Gasteiger partial charge in [0.15, 0.2) is 0 Å². The fourth-order valence-corrected chi connectivity index (χ4v) is 5.40. The molecule has 6 nitrogen and oxygen atoms in total. The third-order valence-electron chi connectivity index (χ3n) is 7.44. The molecule has 0 atom stereocenters. The minimum atomic E-state index is -0.405. The highest BCUT2D eigenvalue weighted by Gasteiger charge is 2.20. The van der Waals surface area contributed by atoms with Crippen LogP contribution in [-0.4, -0.2) is 40.5 Å². The normalized spacial score (nSPS) is 15.0. The standard InChI is InChI=1S/C22H22Cl2F2O.C12H19N3O2/c1-3-19(15-5-9-17(23)10-6-15)21(25)13-27-14-22(26)20(4-2)16-7-11-18(24)12-8-16;1-9-11(8-13-16)12(15(2)14-9)17-10-6-4-3-5-7-10/h5-12H,3-4,13-14H2,1-2H3;8,10,16H,3-7H2,1-2H3/b21-19+,22-20+;13-8-. The van der Waals surface area contributed by atoms with Gasteiger partial charge in [-0.3, -0.25) is 0 Å². The molecule has 1 fully saturated rings. The highest BCUT2D eigenvalue weighted by Crippen LogP contribution is 2.28. The van der Waals surface area contributed by atoms with Crippen LogP contribution in [0.25, 0.3) is 11.1 Å². The van der Waals surface area contributed by atoms with Gasteiger partial charge < -0.3 is 14.7 Å². The van der Waals surface area contributed by atoms with E-state index in [1.165, 1.54) is 25.5 Å². The molecule has 4 rings (SSSR count). The molecular formula is C34H41Cl2F2N3O3. The average molecular weight is 649 g/mol. The SMILES string of the molecule is CC/C(=C(\F)COC/C(F)=C(/CC)c1ccc(Cl)cc1)c1ccc(Cl)cc1.Cc1nn(C)c(OC2CCCCC2)c1/C=N\O. The van der Waals surface area contributed by atoms with Crippen LogP contribution in [0.2, 0.25) is 10.0 Å². The average Bonchev–Trinajstić information content (AvgIpc) is 3.28. The highest BCUT2D eigenvalue weighted by atomic mass is 35.5. The van der Waals surface area contributed by atoms with Crippen LogP contribution in [0.3, 0.4) is 0 Å². The number of hydrogen-bond acceptors (Lipinski definition) is 5. The molecule has 0 spiro atoms. The first-order valence-electron chi connectivity index (χ1n) is 14.9. The zero-order valence-electron chi connectivity index (χ0n) is 25.8. The van der Waals surface area contributed by atoms with E-state index in [9.17, 15) is 8.78 Å². The number of aromatic nitrogens is 2. The zero-order chi connectivity index (χ0) is 32.1. The van der Waals surface area contributed by atoms with E-state index < -0.39 is 11.7 Å². The molecule has 3 aromatic rings. The van der Waals surface area contributed by atoms with Crippen molar-refractivity contribution in [1.29, 1.82) is 0 Å². The van der Waals surface area contributed by atoms with Gasteiger partial charge in [-0.25, -0.2) is 13.5 Å². The number of aryl methyl sites for hydroxylation is 2. The number of rotatable bonds is 11. The van der Waals surface area contributed by atoms with Crippen molar-refractivity contribution in [3.05, 3.63) is 92.6 Å². The number of oxime groups is 1. The summed E-state index contributed by atoms with van der Waals surface area (Å²) in [6.07, 6.45) is 8.61. The summed E-state index contributed by atoms with van der Waals surface area (Å²) >= 11 is 11.7. The predicted molar refractivity (Wildman–Crippen MR) is 175 cm³/mol. The molecule has 1 N–H and O–H groups in total. The summed E-state index contributed by atoms with van der Waals surface area (Å²) < 4.78 is 42.0. The summed E-state index contributed by atoms with van der Waals surface area (Å²) in [4.78, 5) is 0. The molecule has 0 radical (unpaired) electrons. The maximum atomic E-state index is 14.5. The van der Waals surface area contributed by atoms with E-state index in [0.29, 0.717) is 39.9 Å². The molecule has 2 aromatic carbocycles. The van der Waals surface area contributed by atoms with Gasteiger partial charge in [0.25, 0.3) is 0 Å². The van der Waals surface area contributed by atoms with Gasteiger partial charge in [-0.2, -0.15) is 5.10 Å². The summed E-state index contributed by atoms with van der Waals surface area (Å²) in [5.41, 5.74) is 4.13. The molecule has 1 aliphatic rings. The fraction of sp³-hybridized carbons (Fsp3) is 0.412. The quantitative estimate of drug-likeness (QED) is 0.128. The Labute approximate surface area is 269 Å². The van der Waals surface area contributed by atoms with Crippen molar-refractivity contribution >= 4 is 40.6 Å². The zero-order valence-corrected chi connectivity index (χ0v) is 27.3. The Bertz CT molecular complexity index is 1360. The molecule has 0 aliphatic heterocycles. The van der Waals surface area contributed by atoms with E-state index >= 15 is 0 Å². The minimum Gasteiger partial charge on any atom is -0.474 e. The van der Waals surface area contributed by atoms with Crippen LogP contribution in [0.5, 0.6) is 5.88 Å². The third kappa shape index (κ3) is 10.2. The summed E-state index contributed by atoms with van der Waals surface area (Å²) in [5, 5.41) is 17.2. The minimum absolute atomic E-state index is 0.268. The molecule has 1 aromatic heterocycles.